The minimum absolute atomic E-state index is 0.00445. The van der Waals surface area contributed by atoms with E-state index < -0.39 is 46.1 Å². The fraction of sp³-hybridized carbons (Fsp3) is 0.395. The van der Waals surface area contributed by atoms with Gasteiger partial charge in [0.15, 0.2) is 22.3 Å². The van der Waals surface area contributed by atoms with E-state index in [0.29, 0.717) is 45.5 Å². The minimum atomic E-state index is -2.25. The molecule has 0 saturated carbocycles. The summed E-state index contributed by atoms with van der Waals surface area (Å²) in [5, 5.41) is 4.58. The number of benzene rings is 4. The third kappa shape index (κ3) is 6.59. The highest BCUT2D eigenvalue weighted by Crippen LogP contribution is 2.42. The van der Waals surface area contributed by atoms with E-state index in [-0.39, 0.29) is 21.8 Å². The van der Waals surface area contributed by atoms with Gasteiger partial charge in [-0.25, -0.2) is 9.36 Å². The summed E-state index contributed by atoms with van der Waals surface area (Å²) in [7, 11) is -4.39. The first kappa shape index (κ1) is 38.0. The summed E-state index contributed by atoms with van der Waals surface area (Å²) < 4.78 is 23.0. The van der Waals surface area contributed by atoms with Crippen molar-refractivity contribution in [1.82, 2.24) is 14.1 Å². The Hall–Kier alpha value is -4.27. The van der Waals surface area contributed by atoms with Crippen LogP contribution in [0.5, 0.6) is 0 Å². The van der Waals surface area contributed by atoms with Gasteiger partial charge in [-0.1, -0.05) is 114 Å². The van der Waals surface area contributed by atoms with Crippen molar-refractivity contribution < 1.29 is 18.4 Å². The lowest BCUT2D eigenvalue weighted by Gasteiger charge is -2.40. The van der Waals surface area contributed by atoms with Crippen LogP contribution < -0.4 is 11.2 Å². The number of hydrogen-bond acceptors (Lipinski definition) is 7. The van der Waals surface area contributed by atoms with Gasteiger partial charge in [-0.15, -0.1) is 0 Å². The molecule has 0 amide bonds. The molecule has 0 unspecified atom stereocenters. The van der Waals surface area contributed by atoms with Crippen LogP contribution in [0.2, 0.25) is 36.3 Å². The Morgan fingerprint density at radius 1 is 0.778 bits per heavy atom. The highest BCUT2D eigenvalue weighted by atomic mass is 28.4. The maximum atomic E-state index is 14.6. The molecule has 1 saturated heterocycles. The van der Waals surface area contributed by atoms with Crippen LogP contribution in [0.15, 0.2) is 94.6 Å². The van der Waals surface area contributed by atoms with Gasteiger partial charge >= 0.3 is 5.69 Å². The molecule has 1 fully saturated rings. The molecule has 282 valence electrons. The molecular weight excluding hydrogens is 711 g/mol. The third-order valence-electron chi connectivity index (χ3n) is 12.2. The topological polar surface area (TPSA) is 102 Å². The van der Waals surface area contributed by atoms with E-state index in [9.17, 15) is 14.4 Å². The standard InChI is InChI=1S/C43H51N3O6Si2/c1-42(2,3)53(7,8)50-26-35-34(52-54(9,10)43(4,5)6)24-36(51-35)45-25-33-31-23-22-28-17-12-14-20-30(28)37(31)40(48)46(38(33)44-41(45)49)39(47)32-21-15-18-27-16-11-13-19-29(27)32/h11-23,25,34-36H,24,26H2,1-10H3/t34-,35+,36+/m0/s1. The molecule has 0 radical (unpaired) electrons. The number of pyridine rings is 1. The average molecular weight is 762 g/mol. The van der Waals surface area contributed by atoms with Crippen LogP contribution in [0.3, 0.4) is 0 Å². The molecule has 0 aliphatic carbocycles. The van der Waals surface area contributed by atoms with Crippen molar-refractivity contribution in [3.8, 4) is 0 Å². The van der Waals surface area contributed by atoms with Crippen molar-refractivity contribution in [3.63, 3.8) is 0 Å². The summed E-state index contributed by atoms with van der Waals surface area (Å²) in [6.45, 7) is 22.5. The van der Waals surface area contributed by atoms with Gasteiger partial charge in [-0.05, 0) is 63.9 Å². The zero-order valence-electron chi connectivity index (χ0n) is 33.0. The predicted molar refractivity (Wildman–Crippen MR) is 223 cm³/mol. The van der Waals surface area contributed by atoms with E-state index >= 15 is 0 Å². The van der Waals surface area contributed by atoms with Gasteiger partial charge < -0.3 is 13.6 Å². The maximum Gasteiger partial charge on any atom is 0.351 e. The number of carbonyl (C=O) groups is 1. The summed E-state index contributed by atoms with van der Waals surface area (Å²) in [5.74, 6) is -0.552. The molecular formula is C43H51N3O6Si2. The molecule has 54 heavy (non-hydrogen) atoms. The lowest BCUT2D eigenvalue weighted by Crippen LogP contribution is -2.48. The molecule has 6 aromatic rings. The largest absolute Gasteiger partial charge is 0.414 e. The van der Waals surface area contributed by atoms with Gasteiger partial charge in [0.25, 0.3) is 11.5 Å². The number of nitrogens with zero attached hydrogens (tertiary/aromatic N) is 3. The van der Waals surface area contributed by atoms with Crippen molar-refractivity contribution in [3.05, 3.63) is 111 Å². The molecule has 1 aliphatic rings. The van der Waals surface area contributed by atoms with E-state index in [0.717, 1.165) is 15.3 Å². The first-order chi connectivity index (χ1) is 25.3. The van der Waals surface area contributed by atoms with Crippen molar-refractivity contribution in [2.24, 2.45) is 0 Å². The summed E-state index contributed by atoms with van der Waals surface area (Å²) in [6.07, 6.45) is 0.691. The molecule has 3 atom stereocenters. The molecule has 0 bridgehead atoms. The molecule has 0 N–H and O–H groups in total. The first-order valence-electron chi connectivity index (χ1n) is 18.8. The Bertz CT molecular complexity index is 2560. The Morgan fingerprint density at radius 3 is 2.06 bits per heavy atom. The fourth-order valence-electron chi connectivity index (χ4n) is 6.89. The van der Waals surface area contributed by atoms with Gasteiger partial charge in [-0.3, -0.25) is 14.2 Å². The van der Waals surface area contributed by atoms with Crippen molar-refractivity contribution in [1.29, 1.82) is 0 Å². The van der Waals surface area contributed by atoms with E-state index in [4.69, 9.17) is 13.6 Å². The number of carbonyl (C=O) groups excluding carboxylic acids is 1. The first-order valence-corrected chi connectivity index (χ1v) is 24.6. The summed E-state index contributed by atoms with van der Waals surface area (Å²) >= 11 is 0. The Balaban J connectivity index is 1.40. The molecule has 4 aromatic carbocycles. The Kier molecular flexibility index (Phi) is 9.50. The van der Waals surface area contributed by atoms with Crippen LogP contribution in [0.25, 0.3) is 43.4 Å². The average Bonchev–Trinajstić information content (AvgIpc) is 3.50. The number of aromatic nitrogens is 3. The smallest absolute Gasteiger partial charge is 0.351 e. The minimum Gasteiger partial charge on any atom is -0.414 e. The highest BCUT2D eigenvalue weighted by Gasteiger charge is 2.47. The monoisotopic (exact) mass is 761 g/mol. The normalized spacial score (nSPS) is 18.7. The zero-order chi connectivity index (χ0) is 39.0. The summed E-state index contributed by atoms with van der Waals surface area (Å²) in [6, 6.07) is 24.4. The lowest BCUT2D eigenvalue weighted by atomic mass is 10.0. The second kappa shape index (κ2) is 13.5. The number of fused-ring (bicyclic) bond motifs is 6. The van der Waals surface area contributed by atoms with Crippen LogP contribution in [0, 0.1) is 0 Å². The molecule has 11 heteroatoms. The molecule has 9 nitrogen and oxygen atoms in total. The van der Waals surface area contributed by atoms with Crippen molar-refractivity contribution in [2.45, 2.75) is 103 Å². The van der Waals surface area contributed by atoms with Crippen LogP contribution in [-0.2, 0) is 13.6 Å². The van der Waals surface area contributed by atoms with Gasteiger partial charge in [0.2, 0.25) is 0 Å². The molecule has 0 spiro atoms. The van der Waals surface area contributed by atoms with Gasteiger partial charge in [0, 0.05) is 29.0 Å². The van der Waals surface area contributed by atoms with E-state index in [1.807, 2.05) is 66.7 Å². The molecule has 7 rings (SSSR count). The third-order valence-corrected chi connectivity index (χ3v) is 21.2. The van der Waals surface area contributed by atoms with Crippen LogP contribution >= 0.6 is 0 Å². The summed E-state index contributed by atoms with van der Waals surface area (Å²) in [4.78, 5) is 48.0. The lowest BCUT2D eigenvalue weighted by molar-refractivity contribution is -0.0410. The number of hydrogen-bond donors (Lipinski definition) is 0. The van der Waals surface area contributed by atoms with Crippen LogP contribution in [0.4, 0.5) is 0 Å². The van der Waals surface area contributed by atoms with E-state index in [1.165, 1.54) is 4.57 Å². The fourth-order valence-corrected chi connectivity index (χ4v) is 9.26. The van der Waals surface area contributed by atoms with Crippen molar-refractivity contribution in [2.75, 3.05) is 6.61 Å². The number of rotatable bonds is 7. The zero-order valence-corrected chi connectivity index (χ0v) is 35.0. The predicted octanol–water partition coefficient (Wildman–Crippen LogP) is 9.41. The second-order valence-corrected chi connectivity index (χ2v) is 27.3. The molecule has 3 heterocycles. The Morgan fingerprint density at radius 2 is 1.39 bits per heavy atom. The SMILES string of the molecule is CC(C)(C)[Si](C)(C)OC[C@H]1O[C@@H](n2cc3c4ccc5ccccc5c4c(=O)n(C(=O)c4cccc5ccccc45)c3nc2=O)C[C@@H]1O[Si](C)(C)C(C)(C)C. The summed E-state index contributed by atoms with van der Waals surface area (Å²) in [5.41, 5.74) is -0.800. The van der Waals surface area contributed by atoms with Gasteiger partial charge in [0.1, 0.15) is 12.3 Å². The van der Waals surface area contributed by atoms with Crippen LogP contribution in [0.1, 0.15) is 64.5 Å². The molecule has 1 aliphatic heterocycles. The molecule has 2 aromatic heterocycles. The van der Waals surface area contributed by atoms with Gasteiger partial charge in [-0.2, -0.15) is 4.98 Å². The van der Waals surface area contributed by atoms with E-state index in [1.54, 1.807) is 18.3 Å². The van der Waals surface area contributed by atoms with Crippen LogP contribution in [-0.4, -0.2) is 55.5 Å². The second-order valence-electron chi connectivity index (χ2n) is 17.7. The van der Waals surface area contributed by atoms with E-state index in [2.05, 4.69) is 72.7 Å². The Labute approximate surface area is 318 Å². The maximum absolute atomic E-state index is 14.6. The van der Waals surface area contributed by atoms with Gasteiger partial charge in [0.05, 0.1) is 18.1 Å². The number of ether oxygens (including phenoxy) is 1. The highest BCUT2D eigenvalue weighted by molar-refractivity contribution is 6.74. The van der Waals surface area contributed by atoms with Crippen molar-refractivity contribution >= 4 is 65.9 Å². The quantitative estimate of drug-likeness (QED) is 0.118.